The second-order valence-electron chi connectivity index (χ2n) is 7.88. The van der Waals surface area contributed by atoms with E-state index in [-0.39, 0.29) is 17.5 Å². The minimum Gasteiger partial charge on any atom is -0.329 e. The van der Waals surface area contributed by atoms with E-state index < -0.39 is 17.5 Å². The van der Waals surface area contributed by atoms with Gasteiger partial charge in [0.2, 0.25) is 0 Å². The minimum absolute atomic E-state index is 0.189. The van der Waals surface area contributed by atoms with Crippen LogP contribution >= 0.6 is 0 Å². The molecule has 4 heterocycles. The third-order valence-electron chi connectivity index (χ3n) is 6.00. The average Bonchev–Trinajstić information content (AvgIpc) is 3.27. The molecule has 0 bridgehead atoms. The van der Waals surface area contributed by atoms with E-state index in [1.807, 2.05) is 6.92 Å². The first kappa shape index (κ1) is 20.2. The Morgan fingerprint density at radius 2 is 1.81 bits per heavy atom. The Balaban J connectivity index is 1.55. The third kappa shape index (κ3) is 2.89. The Labute approximate surface area is 181 Å². The predicted molar refractivity (Wildman–Crippen MR) is 110 cm³/mol. The number of nitrogens with zero attached hydrogens (tertiary/aromatic N) is 6. The Morgan fingerprint density at radius 3 is 2.53 bits per heavy atom. The molecule has 0 radical (unpaired) electrons. The summed E-state index contributed by atoms with van der Waals surface area (Å²) in [6.07, 6.45) is 3.66. The van der Waals surface area contributed by atoms with Crippen LogP contribution in [-0.2, 0) is 20.5 Å². The van der Waals surface area contributed by atoms with Crippen LogP contribution in [0.4, 0.5) is 13.2 Å². The van der Waals surface area contributed by atoms with Gasteiger partial charge in [-0.25, -0.2) is 13.2 Å². The van der Waals surface area contributed by atoms with E-state index in [0.717, 1.165) is 17.7 Å². The number of amides is 1. The van der Waals surface area contributed by atoms with Crippen LogP contribution in [0.2, 0.25) is 0 Å². The average molecular weight is 440 g/mol. The summed E-state index contributed by atoms with van der Waals surface area (Å²) < 4.78 is 44.2. The van der Waals surface area contributed by atoms with Crippen molar-refractivity contribution in [1.82, 2.24) is 29.4 Å². The summed E-state index contributed by atoms with van der Waals surface area (Å²) in [5.74, 6) is -4.21. The van der Waals surface area contributed by atoms with Crippen molar-refractivity contribution in [3.63, 3.8) is 0 Å². The van der Waals surface area contributed by atoms with E-state index in [1.165, 1.54) is 4.68 Å². The van der Waals surface area contributed by atoms with Gasteiger partial charge in [0.15, 0.2) is 17.5 Å². The van der Waals surface area contributed by atoms with Gasteiger partial charge in [0.25, 0.3) is 5.91 Å². The van der Waals surface area contributed by atoms with Gasteiger partial charge in [0, 0.05) is 43.4 Å². The summed E-state index contributed by atoms with van der Waals surface area (Å²) >= 11 is 0. The lowest BCUT2D eigenvalue weighted by Crippen LogP contribution is -2.39. The lowest BCUT2D eigenvalue weighted by atomic mass is 9.95. The quantitative estimate of drug-likeness (QED) is 0.447. The van der Waals surface area contributed by atoms with E-state index in [1.54, 1.807) is 42.1 Å². The molecule has 0 unspecified atom stereocenters. The number of hydrogen-bond acceptors (Lipinski definition) is 4. The van der Waals surface area contributed by atoms with Crippen molar-refractivity contribution in [2.45, 2.75) is 19.4 Å². The van der Waals surface area contributed by atoms with Crippen LogP contribution in [0.3, 0.4) is 0 Å². The van der Waals surface area contributed by atoms with Gasteiger partial charge in [0.05, 0.1) is 23.6 Å². The fourth-order valence-electron chi connectivity index (χ4n) is 4.52. The first-order valence-corrected chi connectivity index (χ1v) is 10.1. The maximum atomic E-state index is 13.9. The summed E-state index contributed by atoms with van der Waals surface area (Å²) in [5, 5.41) is 9.62. The molecular weight excluding hydrogens is 421 g/mol. The first-order valence-electron chi connectivity index (χ1n) is 10.1. The number of fused-ring (bicyclic) bond motifs is 2. The fraction of sp³-hybridized carbons (Fsp3) is 0.273. The molecule has 0 N–H and O–H groups in total. The zero-order chi connectivity index (χ0) is 22.7. The highest BCUT2D eigenvalue weighted by molar-refractivity contribution is 6.05. The zero-order valence-corrected chi connectivity index (χ0v) is 17.6. The molecule has 0 saturated heterocycles. The SMILES string of the molecule is C[C@H]1c2nn(C)c(-c3cc(F)c(F)c(F)c3)c2CCN1C(=O)c1c2ccncc2nn1C. The molecule has 1 amide bonds. The van der Waals surface area contributed by atoms with Crippen molar-refractivity contribution in [3.8, 4) is 11.3 Å². The molecule has 1 atom stereocenters. The van der Waals surface area contributed by atoms with Gasteiger partial charge in [-0.15, -0.1) is 0 Å². The number of aromatic nitrogens is 5. The number of pyridine rings is 1. The molecule has 7 nitrogen and oxygen atoms in total. The number of rotatable bonds is 2. The van der Waals surface area contributed by atoms with Gasteiger partial charge in [-0.1, -0.05) is 0 Å². The summed E-state index contributed by atoms with van der Waals surface area (Å²) in [7, 11) is 3.37. The lowest BCUT2D eigenvalue weighted by Gasteiger charge is -2.33. The fourth-order valence-corrected chi connectivity index (χ4v) is 4.52. The van der Waals surface area contributed by atoms with Crippen molar-refractivity contribution in [2.75, 3.05) is 6.54 Å². The maximum absolute atomic E-state index is 13.9. The molecule has 164 valence electrons. The van der Waals surface area contributed by atoms with Crippen LogP contribution in [0.15, 0.2) is 30.6 Å². The summed E-state index contributed by atoms with van der Waals surface area (Å²) in [6, 6.07) is 3.31. The second kappa shape index (κ2) is 7.18. The van der Waals surface area contributed by atoms with Crippen LogP contribution in [0.5, 0.6) is 0 Å². The van der Waals surface area contributed by atoms with Crippen molar-refractivity contribution in [1.29, 1.82) is 0 Å². The van der Waals surface area contributed by atoms with Crippen molar-refractivity contribution >= 4 is 16.8 Å². The number of hydrogen-bond donors (Lipinski definition) is 0. The molecule has 1 aliphatic heterocycles. The molecule has 0 spiro atoms. The van der Waals surface area contributed by atoms with Gasteiger partial charge >= 0.3 is 0 Å². The van der Waals surface area contributed by atoms with E-state index in [2.05, 4.69) is 15.2 Å². The van der Waals surface area contributed by atoms with Crippen LogP contribution in [0.1, 0.15) is 34.7 Å². The summed E-state index contributed by atoms with van der Waals surface area (Å²) in [6.45, 7) is 2.24. The molecular formula is C22H19F3N6O. The largest absolute Gasteiger partial charge is 0.329 e. The van der Waals surface area contributed by atoms with E-state index in [9.17, 15) is 18.0 Å². The summed E-state index contributed by atoms with van der Waals surface area (Å²) in [4.78, 5) is 19.2. The number of benzene rings is 1. The second-order valence-corrected chi connectivity index (χ2v) is 7.88. The molecule has 0 aliphatic carbocycles. The molecule has 1 aromatic carbocycles. The first-order chi connectivity index (χ1) is 15.3. The highest BCUT2D eigenvalue weighted by atomic mass is 19.2. The van der Waals surface area contributed by atoms with Crippen molar-refractivity contribution in [2.24, 2.45) is 14.1 Å². The number of carbonyl (C=O) groups is 1. The third-order valence-corrected chi connectivity index (χ3v) is 6.00. The molecule has 1 aliphatic rings. The van der Waals surface area contributed by atoms with Crippen LogP contribution in [0.25, 0.3) is 22.2 Å². The topological polar surface area (TPSA) is 68.8 Å². The molecule has 32 heavy (non-hydrogen) atoms. The Morgan fingerprint density at radius 1 is 1.09 bits per heavy atom. The monoisotopic (exact) mass is 440 g/mol. The molecule has 0 fully saturated rings. The van der Waals surface area contributed by atoms with Gasteiger partial charge in [-0.2, -0.15) is 10.2 Å². The van der Waals surface area contributed by atoms with Crippen LogP contribution in [-0.4, -0.2) is 41.9 Å². The highest BCUT2D eigenvalue weighted by Gasteiger charge is 2.35. The van der Waals surface area contributed by atoms with E-state index >= 15 is 0 Å². The van der Waals surface area contributed by atoms with E-state index in [4.69, 9.17) is 0 Å². The Kier molecular flexibility index (Phi) is 4.54. The lowest BCUT2D eigenvalue weighted by molar-refractivity contribution is 0.0664. The molecule has 0 saturated carbocycles. The Bertz CT molecular complexity index is 1370. The van der Waals surface area contributed by atoms with Crippen LogP contribution in [0, 0.1) is 17.5 Å². The number of aryl methyl sites for hydroxylation is 2. The molecule has 10 heteroatoms. The van der Waals surface area contributed by atoms with Crippen LogP contribution < -0.4 is 0 Å². The summed E-state index contributed by atoms with van der Waals surface area (Å²) in [5.41, 5.74) is 3.22. The van der Waals surface area contributed by atoms with Crippen molar-refractivity contribution < 1.29 is 18.0 Å². The highest BCUT2D eigenvalue weighted by Crippen LogP contribution is 2.37. The molecule has 3 aromatic heterocycles. The van der Waals surface area contributed by atoms with Gasteiger partial charge < -0.3 is 4.90 Å². The standard InChI is InChI=1S/C22H19F3N6O/c1-11-19-14(20(29(2)28-19)12-8-15(23)18(25)16(24)9-12)5-7-31(11)22(32)21-13-4-6-26-10-17(13)27-30(21)3/h4,6,8-11H,5,7H2,1-3H3/t11-/m0/s1. The molecule has 5 rings (SSSR count). The van der Waals surface area contributed by atoms with Gasteiger partial charge in [-0.05, 0) is 31.5 Å². The van der Waals surface area contributed by atoms with Crippen molar-refractivity contribution in [3.05, 3.63) is 65.0 Å². The Hall–Kier alpha value is -3.69. The smallest absolute Gasteiger partial charge is 0.273 e. The maximum Gasteiger partial charge on any atom is 0.273 e. The minimum atomic E-state index is -1.51. The van der Waals surface area contributed by atoms with Gasteiger partial charge in [0.1, 0.15) is 11.2 Å². The van der Waals surface area contributed by atoms with Gasteiger partial charge in [-0.3, -0.25) is 19.1 Å². The number of carbonyl (C=O) groups excluding carboxylic acids is 1. The predicted octanol–water partition coefficient (Wildman–Crippen LogP) is 3.55. The molecule has 4 aromatic rings. The number of halogens is 3. The zero-order valence-electron chi connectivity index (χ0n) is 17.6. The normalized spacial score (nSPS) is 15.9. The van der Waals surface area contributed by atoms with E-state index in [0.29, 0.717) is 41.0 Å².